The minimum atomic E-state index is 0.464. The van der Waals surface area contributed by atoms with Gasteiger partial charge in [0.15, 0.2) is 0 Å². The zero-order valence-corrected chi connectivity index (χ0v) is 8.04. The molecule has 0 aliphatic rings. The van der Waals surface area contributed by atoms with E-state index in [4.69, 9.17) is 0 Å². The van der Waals surface area contributed by atoms with E-state index in [-0.39, 0.29) is 0 Å². The molecule has 1 aromatic rings. The maximum atomic E-state index is 4.27. The first-order valence-corrected chi connectivity index (χ1v) is 4.37. The lowest BCUT2D eigenvalue weighted by molar-refractivity contribution is 0.591. The number of hydrogen-bond acceptors (Lipinski definition) is 1. The first-order chi connectivity index (χ1) is 5.66. The van der Waals surface area contributed by atoms with Crippen LogP contribution in [0.25, 0.3) is 5.57 Å². The van der Waals surface area contributed by atoms with E-state index in [1.54, 1.807) is 0 Å². The molecule has 66 valence electrons. The van der Waals surface area contributed by atoms with Gasteiger partial charge in [0, 0.05) is 18.4 Å². The van der Waals surface area contributed by atoms with Gasteiger partial charge in [0.05, 0.1) is 0 Å². The Morgan fingerprint density at radius 2 is 2.33 bits per heavy atom. The SMILES string of the molecule is C=C(CC)c1nccn1C(C)C. The molecule has 0 saturated heterocycles. The van der Waals surface area contributed by atoms with Gasteiger partial charge < -0.3 is 4.57 Å². The zero-order chi connectivity index (χ0) is 9.14. The predicted molar refractivity (Wildman–Crippen MR) is 51.9 cm³/mol. The quantitative estimate of drug-likeness (QED) is 0.671. The van der Waals surface area contributed by atoms with E-state index in [2.05, 4.69) is 36.9 Å². The molecule has 0 unspecified atom stereocenters. The van der Waals surface area contributed by atoms with Crippen molar-refractivity contribution in [3.8, 4) is 0 Å². The molecule has 0 saturated carbocycles. The number of aromatic nitrogens is 2. The summed E-state index contributed by atoms with van der Waals surface area (Å²) in [6.07, 6.45) is 4.79. The average Bonchev–Trinajstić information content (AvgIpc) is 2.50. The van der Waals surface area contributed by atoms with Gasteiger partial charge in [-0.3, -0.25) is 0 Å². The summed E-state index contributed by atoms with van der Waals surface area (Å²) in [4.78, 5) is 4.27. The fourth-order valence-electron chi connectivity index (χ4n) is 1.16. The van der Waals surface area contributed by atoms with Crippen molar-refractivity contribution in [3.05, 3.63) is 24.8 Å². The lowest BCUT2D eigenvalue weighted by Crippen LogP contribution is -2.03. The molecule has 2 heteroatoms. The Morgan fingerprint density at radius 3 is 2.83 bits per heavy atom. The molecule has 0 aliphatic carbocycles. The molecule has 0 fully saturated rings. The fourth-order valence-corrected chi connectivity index (χ4v) is 1.16. The topological polar surface area (TPSA) is 17.8 Å². The Hall–Kier alpha value is -1.05. The molecular weight excluding hydrogens is 148 g/mol. The summed E-state index contributed by atoms with van der Waals surface area (Å²) in [5, 5.41) is 0. The van der Waals surface area contributed by atoms with Gasteiger partial charge in [0.25, 0.3) is 0 Å². The summed E-state index contributed by atoms with van der Waals surface area (Å²) < 4.78 is 2.14. The zero-order valence-electron chi connectivity index (χ0n) is 8.04. The van der Waals surface area contributed by atoms with Gasteiger partial charge in [-0.25, -0.2) is 4.98 Å². The summed E-state index contributed by atoms with van der Waals surface area (Å²) in [7, 11) is 0. The van der Waals surface area contributed by atoms with Gasteiger partial charge in [-0.15, -0.1) is 0 Å². The second-order valence-corrected chi connectivity index (χ2v) is 3.21. The van der Waals surface area contributed by atoms with Crippen molar-refractivity contribution >= 4 is 5.57 Å². The Balaban J connectivity index is 2.99. The van der Waals surface area contributed by atoms with Crippen LogP contribution >= 0.6 is 0 Å². The highest BCUT2D eigenvalue weighted by Gasteiger charge is 2.06. The van der Waals surface area contributed by atoms with E-state index >= 15 is 0 Å². The molecule has 0 radical (unpaired) electrons. The third-order valence-corrected chi connectivity index (χ3v) is 1.97. The molecule has 0 N–H and O–H groups in total. The lowest BCUT2D eigenvalue weighted by Gasteiger charge is -2.11. The van der Waals surface area contributed by atoms with Crippen LogP contribution in [0.4, 0.5) is 0 Å². The van der Waals surface area contributed by atoms with Crippen LogP contribution in [-0.4, -0.2) is 9.55 Å². The molecule has 0 amide bonds. The molecule has 0 spiro atoms. The Morgan fingerprint density at radius 1 is 1.67 bits per heavy atom. The van der Waals surface area contributed by atoms with Crippen molar-refractivity contribution < 1.29 is 0 Å². The summed E-state index contributed by atoms with van der Waals surface area (Å²) >= 11 is 0. The molecule has 12 heavy (non-hydrogen) atoms. The first kappa shape index (κ1) is 9.04. The van der Waals surface area contributed by atoms with Gasteiger partial charge in [0.1, 0.15) is 5.82 Å². The van der Waals surface area contributed by atoms with Crippen LogP contribution in [0.1, 0.15) is 39.1 Å². The van der Waals surface area contributed by atoms with Crippen LogP contribution in [0.3, 0.4) is 0 Å². The van der Waals surface area contributed by atoms with Gasteiger partial charge in [-0.1, -0.05) is 13.5 Å². The van der Waals surface area contributed by atoms with E-state index in [9.17, 15) is 0 Å². The normalized spacial score (nSPS) is 10.7. The van der Waals surface area contributed by atoms with Gasteiger partial charge in [-0.05, 0) is 25.8 Å². The van der Waals surface area contributed by atoms with Crippen LogP contribution in [0, 0.1) is 0 Å². The highest BCUT2D eigenvalue weighted by Crippen LogP contribution is 2.17. The third kappa shape index (κ3) is 1.58. The van der Waals surface area contributed by atoms with Gasteiger partial charge >= 0.3 is 0 Å². The highest BCUT2D eigenvalue weighted by molar-refractivity contribution is 5.56. The van der Waals surface area contributed by atoms with E-state index in [0.29, 0.717) is 6.04 Å². The average molecular weight is 164 g/mol. The molecule has 0 bridgehead atoms. The van der Waals surface area contributed by atoms with Crippen LogP contribution in [0.2, 0.25) is 0 Å². The molecule has 0 aromatic carbocycles. The van der Waals surface area contributed by atoms with Crippen molar-refractivity contribution in [3.63, 3.8) is 0 Å². The predicted octanol–water partition coefficient (Wildman–Crippen LogP) is 2.89. The number of imidazole rings is 1. The second-order valence-electron chi connectivity index (χ2n) is 3.21. The van der Waals surface area contributed by atoms with E-state index in [1.165, 1.54) is 0 Å². The Kier molecular flexibility index (Phi) is 2.69. The lowest BCUT2D eigenvalue weighted by atomic mass is 10.2. The minimum absolute atomic E-state index is 0.464. The van der Waals surface area contributed by atoms with Crippen LogP contribution < -0.4 is 0 Å². The number of allylic oxidation sites excluding steroid dienone is 1. The summed E-state index contributed by atoms with van der Waals surface area (Å²) in [5.41, 5.74) is 1.11. The first-order valence-electron chi connectivity index (χ1n) is 4.37. The van der Waals surface area contributed by atoms with Crippen LogP contribution in [0.5, 0.6) is 0 Å². The maximum Gasteiger partial charge on any atom is 0.135 e. The summed E-state index contributed by atoms with van der Waals surface area (Å²) in [6.45, 7) is 10.4. The fraction of sp³-hybridized carbons (Fsp3) is 0.500. The molecule has 0 aliphatic heterocycles. The van der Waals surface area contributed by atoms with Crippen LogP contribution in [-0.2, 0) is 0 Å². The molecule has 1 aromatic heterocycles. The summed E-state index contributed by atoms with van der Waals surface area (Å²) in [5.74, 6) is 1.02. The molecule has 0 atom stereocenters. The molecule has 1 rings (SSSR count). The molecule has 1 heterocycles. The van der Waals surface area contributed by atoms with E-state index in [1.807, 2.05) is 12.4 Å². The minimum Gasteiger partial charge on any atom is -0.329 e. The number of hydrogen-bond donors (Lipinski definition) is 0. The van der Waals surface area contributed by atoms with Crippen molar-refractivity contribution in [2.24, 2.45) is 0 Å². The Bertz CT molecular complexity index is 271. The van der Waals surface area contributed by atoms with Crippen molar-refractivity contribution in [1.29, 1.82) is 0 Å². The standard InChI is InChI=1S/C10H16N2/c1-5-9(4)10-11-6-7-12(10)8(2)3/h6-8H,4-5H2,1-3H3. The highest BCUT2D eigenvalue weighted by atomic mass is 15.1. The van der Waals surface area contributed by atoms with E-state index in [0.717, 1.165) is 17.8 Å². The smallest absolute Gasteiger partial charge is 0.135 e. The van der Waals surface area contributed by atoms with Crippen molar-refractivity contribution in [2.75, 3.05) is 0 Å². The second kappa shape index (κ2) is 3.57. The number of nitrogens with zero attached hydrogens (tertiary/aromatic N) is 2. The summed E-state index contributed by atoms with van der Waals surface area (Å²) in [6, 6.07) is 0.464. The van der Waals surface area contributed by atoms with Crippen LogP contribution in [0.15, 0.2) is 19.0 Å². The van der Waals surface area contributed by atoms with E-state index < -0.39 is 0 Å². The van der Waals surface area contributed by atoms with Gasteiger partial charge in [-0.2, -0.15) is 0 Å². The largest absolute Gasteiger partial charge is 0.329 e. The van der Waals surface area contributed by atoms with Crippen molar-refractivity contribution in [2.45, 2.75) is 33.2 Å². The molecular formula is C10H16N2. The Labute approximate surface area is 73.9 Å². The number of rotatable bonds is 3. The van der Waals surface area contributed by atoms with Crippen molar-refractivity contribution in [1.82, 2.24) is 9.55 Å². The maximum absolute atomic E-state index is 4.27. The molecule has 2 nitrogen and oxygen atoms in total. The third-order valence-electron chi connectivity index (χ3n) is 1.97. The van der Waals surface area contributed by atoms with Gasteiger partial charge in [0.2, 0.25) is 0 Å². The monoisotopic (exact) mass is 164 g/mol.